The maximum absolute atomic E-state index is 5.26. The molecule has 200 valence electrons. The fourth-order valence-electron chi connectivity index (χ4n) is 6.53. The van der Waals surface area contributed by atoms with Gasteiger partial charge in [0.25, 0.3) is 0 Å². The number of nitrogens with zero attached hydrogens (tertiary/aromatic N) is 3. The standard InChI is InChI=1S/C40H25N3/c1-2-12-28(13-3-1)39-33-16-8-9-17-35(33)41-40(42-39)43-36-22-21-31(30-19-18-26-10-4-5-14-29(26)24-30)25-34(36)38-32-15-7-6-11-27(32)20-23-37(38)43/h1-25H. The molecule has 0 unspecified atom stereocenters. The third kappa shape index (κ3) is 3.75. The van der Waals surface area contributed by atoms with Gasteiger partial charge in [0, 0.05) is 21.7 Å². The van der Waals surface area contributed by atoms with Gasteiger partial charge < -0.3 is 0 Å². The van der Waals surface area contributed by atoms with E-state index >= 15 is 0 Å². The second-order valence-corrected chi connectivity index (χ2v) is 11.1. The molecule has 0 saturated carbocycles. The van der Waals surface area contributed by atoms with E-state index in [0.717, 1.165) is 33.2 Å². The van der Waals surface area contributed by atoms with Crippen LogP contribution in [0.1, 0.15) is 0 Å². The monoisotopic (exact) mass is 547 g/mol. The Morgan fingerprint density at radius 3 is 1.93 bits per heavy atom. The summed E-state index contributed by atoms with van der Waals surface area (Å²) in [5, 5.41) is 8.38. The highest BCUT2D eigenvalue weighted by atomic mass is 15.2. The average molecular weight is 548 g/mol. The Hall–Kier alpha value is -5.80. The van der Waals surface area contributed by atoms with Crippen LogP contribution in [0.2, 0.25) is 0 Å². The minimum Gasteiger partial charge on any atom is -0.278 e. The summed E-state index contributed by atoms with van der Waals surface area (Å²) in [6.07, 6.45) is 0. The molecule has 2 aromatic heterocycles. The van der Waals surface area contributed by atoms with Crippen LogP contribution in [0.3, 0.4) is 0 Å². The third-order valence-corrected chi connectivity index (χ3v) is 8.58. The van der Waals surface area contributed by atoms with Crippen LogP contribution in [-0.2, 0) is 0 Å². The first-order chi connectivity index (χ1) is 21.3. The zero-order valence-corrected chi connectivity index (χ0v) is 23.3. The number of para-hydroxylation sites is 1. The first-order valence-corrected chi connectivity index (χ1v) is 14.6. The summed E-state index contributed by atoms with van der Waals surface area (Å²) in [5.74, 6) is 0.672. The second-order valence-electron chi connectivity index (χ2n) is 11.1. The number of hydrogen-bond donors (Lipinski definition) is 0. The Morgan fingerprint density at radius 1 is 0.395 bits per heavy atom. The molecule has 0 N–H and O–H groups in total. The fourth-order valence-corrected chi connectivity index (χ4v) is 6.53. The lowest BCUT2D eigenvalue weighted by atomic mass is 9.98. The summed E-state index contributed by atoms with van der Waals surface area (Å²) in [5.41, 5.74) is 7.51. The number of benzene rings is 7. The molecule has 0 atom stereocenters. The van der Waals surface area contributed by atoms with Crippen LogP contribution in [0, 0.1) is 0 Å². The van der Waals surface area contributed by atoms with Crippen molar-refractivity contribution in [3.63, 3.8) is 0 Å². The zero-order valence-electron chi connectivity index (χ0n) is 23.3. The first kappa shape index (κ1) is 23.9. The van der Waals surface area contributed by atoms with Crippen LogP contribution in [0.25, 0.3) is 82.6 Å². The van der Waals surface area contributed by atoms with Gasteiger partial charge in [-0.2, -0.15) is 0 Å². The van der Waals surface area contributed by atoms with Crippen molar-refractivity contribution < 1.29 is 0 Å². The van der Waals surface area contributed by atoms with Crippen molar-refractivity contribution in [3.05, 3.63) is 152 Å². The van der Waals surface area contributed by atoms with Gasteiger partial charge in [-0.25, -0.2) is 9.97 Å². The molecule has 0 aliphatic rings. The Morgan fingerprint density at radius 2 is 1.05 bits per heavy atom. The van der Waals surface area contributed by atoms with E-state index in [2.05, 4.69) is 144 Å². The van der Waals surface area contributed by atoms with Gasteiger partial charge in [0.1, 0.15) is 0 Å². The minimum atomic E-state index is 0.672. The minimum absolute atomic E-state index is 0.672. The van der Waals surface area contributed by atoms with Gasteiger partial charge in [0.2, 0.25) is 5.95 Å². The fraction of sp³-hybridized carbons (Fsp3) is 0. The largest absolute Gasteiger partial charge is 0.278 e. The molecule has 43 heavy (non-hydrogen) atoms. The molecule has 3 nitrogen and oxygen atoms in total. The molecule has 0 aliphatic carbocycles. The van der Waals surface area contributed by atoms with Gasteiger partial charge in [0.15, 0.2) is 0 Å². The summed E-state index contributed by atoms with van der Waals surface area (Å²) in [7, 11) is 0. The SMILES string of the molecule is c1ccc(-c2nc(-n3c4ccc(-c5ccc6ccccc6c5)cc4c4c5ccccc5ccc43)nc3ccccc23)cc1. The molecule has 2 heterocycles. The van der Waals surface area contributed by atoms with E-state index in [0.29, 0.717) is 5.95 Å². The second kappa shape index (κ2) is 9.37. The van der Waals surface area contributed by atoms with Crippen molar-refractivity contribution >= 4 is 54.3 Å². The van der Waals surface area contributed by atoms with Crippen molar-refractivity contribution in [2.24, 2.45) is 0 Å². The summed E-state index contributed by atoms with van der Waals surface area (Å²) < 4.78 is 2.24. The molecule has 3 heteroatoms. The highest BCUT2D eigenvalue weighted by Gasteiger charge is 2.19. The van der Waals surface area contributed by atoms with Crippen molar-refractivity contribution in [2.75, 3.05) is 0 Å². The Labute approximate surface area is 248 Å². The van der Waals surface area contributed by atoms with E-state index in [1.807, 2.05) is 12.1 Å². The molecule has 7 aromatic carbocycles. The molecule has 0 bridgehead atoms. The van der Waals surface area contributed by atoms with E-state index < -0.39 is 0 Å². The van der Waals surface area contributed by atoms with Crippen LogP contribution >= 0.6 is 0 Å². The molecule has 0 saturated heterocycles. The van der Waals surface area contributed by atoms with Gasteiger partial charge in [-0.3, -0.25) is 4.57 Å². The molecule has 9 rings (SSSR count). The Balaban J connectivity index is 1.37. The summed E-state index contributed by atoms with van der Waals surface area (Å²) in [6.45, 7) is 0. The van der Waals surface area contributed by atoms with Crippen LogP contribution in [0.5, 0.6) is 0 Å². The van der Waals surface area contributed by atoms with Crippen molar-refractivity contribution in [2.45, 2.75) is 0 Å². The van der Waals surface area contributed by atoms with Crippen molar-refractivity contribution in [1.29, 1.82) is 0 Å². The summed E-state index contributed by atoms with van der Waals surface area (Å²) >= 11 is 0. The first-order valence-electron chi connectivity index (χ1n) is 14.6. The van der Waals surface area contributed by atoms with Gasteiger partial charge in [-0.05, 0) is 63.0 Å². The summed E-state index contributed by atoms with van der Waals surface area (Å²) in [4.78, 5) is 10.4. The molecule has 0 radical (unpaired) electrons. The van der Waals surface area contributed by atoms with Crippen LogP contribution in [0.4, 0.5) is 0 Å². The van der Waals surface area contributed by atoms with Crippen molar-refractivity contribution in [1.82, 2.24) is 14.5 Å². The predicted molar refractivity (Wildman–Crippen MR) is 180 cm³/mol. The Kier molecular flexibility index (Phi) is 5.20. The van der Waals surface area contributed by atoms with Gasteiger partial charge in [-0.1, -0.05) is 121 Å². The van der Waals surface area contributed by atoms with Crippen LogP contribution in [0.15, 0.2) is 152 Å². The highest BCUT2D eigenvalue weighted by Crippen LogP contribution is 2.39. The molecule has 0 fully saturated rings. The van der Waals surface area contributed by atoms with E-state index in [9.17, 15) is 0 Å². The summed E-state index contributed by atoms with van der Waals surface area (Å²) in [6, 6.07) is 53.8. The van der Waals surface area contributed by atoms with E-state index in [1.165, 1.54) is 43.4 Å². The lowest BCUT2D eigenvalue weighted by molar-refractivity contribution is 1.01. The van der Waals surface area contributed by atoms with Gasteiger partial charge in [-0.15, -0.1) is 0 Å². The smallest absolute Gasteiger partial charge is 0.235 e. The zero-order chi connectivity index (χ0) is 28.3. The lowest BCUT2D eigenvalue weighted by Crippen LogP contribution is -2.03. The van der Waals surface area contributed by atoms with Gasteiger partial charge in [0.05, 0.1) is 22.2 Å². The molecule has 9 aromatic rings. The quantitative estimate of drug-likeness (QED) is 0.220. The molecular weight excluding hydrogens is 522 g/mol. The molecular formula is C40H25N3. The lowest BCUT2D eigenvalue weighted by Gasteiger charge is -2.12. The van der Waals surface area contributed by atoms with E-state index in [1.54, 1.807) is 0 Å². The van der Waals surface area contributed by atoms with E-state index in [-0.39, 0.29) is 0 Å². The molecule has 0 spiro atoms. The van der Waals surface area contributed by atoms with Gasteiger partial charge >= 0.3 is 0 Å². The number of hydrogen-bond acceptors (Lipinski definition) is 2. The third-order valence-electron chi connectivity index (χ3n) is 8.58. The maximum atomic E-state index is 5.26. The highest BCUT2D eigenvalue weighted by molar-refractivity contribution is 6.21. The molecule has 0 aliphatic heterocycles. The molecule has 0 amide bonds. The van der Waals surface area contributed by atoms with Crippen LogP contribution < -0.4 is 0 Å². The predicted octanol–water partition coefficient (Wildman–Crippen LogP) is 10.4. The van der Waals surface area contributed by atoms with E-state index in [4.69, 9.17) is 9.97 Å². The number of fused-ring (bicyclic) bond motifs is 7. The topological polar surface area (TPSA) is 30.7 Å². The van der Waals surface area contributed by atoms with Crippen molar-refractivity contribution in [3.8, 4) is 28.3 Å². The van der Waals surface area contributed by atoms with Crippen LogP contribution in [-0.4, -0.2) is 14.5 Å². The Bertz CT molecular complexity index is 2510. The normalized spacial score (nSPS) is 11.7. The number of aromatic nitrogens is 3. The average Bonchev–Trinajstić information content (AvgIpc) is 3.42. The number of rotatable bonds is 3. The maximum Gasteiger partial charge on any atom is 0.235 e.